The standard InChI is InChI=1S/C19H20F2N2O2S/c1-13-4-6-14(7-5-13)26(24,25)22-19(2,3)12-23-11-10-15-17(23)9-8-16(20)18(15)21/h4-11,22H,12H2,1-3H3. The van der Waals surface area contributed by atoms with Gasteiger partial charge in [0.1, 0.15) is 0 Å². The van der Waals surface area contributed by atoms with Crippen molar-refractivity contribution in [1.82, 2.24) is 9.29 Å². The number of fused-ring (bicyclic) bond motifs is 1. The van der Waals surface area contributed by atoms with Crippen LogP contribution in [0.15, 0.2) is 53.6 Å². The number of benzene rings is 2. The highest BCUT2D eigenvalue weighted by molar-refractivity contribution is 7.89. The molecule has 0 saturated heterocycles. The first-order valence-corrected chi connectivity index (χ1v) is 9.61. The van der Waals surface area contributed by atoms with Gasteiger partial charge in [0.2, 0.25) is 10.0 Å². The van der Waals surface area contributed by atoms with Crippen molar-refractivity contribution in [1.29, 1.82) is 0 Å². The molecule has 0 unspecified atom stereocenters. The fraction of sp³-hybridized carbons (Fsp3) is 0.263. The van der Waals surface area contributed by atoms with E-state index in [-0.39, 0.29) is 16.8 Å². The Kier molecular flexibility index (Phi) is 4.62. The average Bonchev–Trinajstić information content (AvgIpc) is 2.93. The smallest absolute Gasteiger partial charge is 0.241 e. The molecular formula is C19H20F2N2O2S. The normalized spacial score (nSPS) is 12.7. The SMILES string of the molecule is Cc1ccc(S(=O)(=O)NC(C)(C)Cn2ccc3c(F)c(F)ccc32)cc1. The number of hydrogen-bond acceptors (Lipinski definition) is 2. The Bertz CT molecular complexity index is 1060. The van der Waals surface area contributed by atoms with Gasteiger partial charge in [-0.25, -0.2) is 21.9 Å². The Hall–Kier alpha value is -2.25. The highest BCUT2D eigenvalue weighted by atomic mass is 32.2. The van der Waals surface area contributed by atoms with Gasteiger partial charge >= 0.3 is 0 Å². The first-order chi connectivity index (χ1) is 12.1. The Labute approximate surface area is 151 Å². The molecule has 0 fully saturated rings. The Balaban J connectivity index is 1.87. The molecule has 1 aromatic heterocycles. The zero-order valence-electron chi connectivity index (χ0n) is 14.8. The number of rotatable bonds is 5. The molecule has 2 aromatic carbocycles. The maximum absolute atomic E-state index is 13.9. The van der Waals surface area contributed by atoms with E-state index in [0.29, 0.717) is 5.52 Å². The number of hydrogen-bond donors (Lipinski definition) is 1. The zero-order valence-corrected chi connectivity index (χ0v) is 15.6. The van der Waals surface area contributed by atoms with Crippen LogP contribution in [0.3, 0.4) is 0 Å². The highest BCUT2D eigenvalue weighted by Gasteiger charge is 2.27. The van der Waals surface area contributed by atoms with Gasteiger partial charge < -0.3 is 4.57 Å². The van der Waals surface area contributed by atoms with Crippen LogP contribution >= 0.6 is 0 Å². The number of halogens is 2. The van der Waals surface area contributed by atoms with Gasteiger partial charge in [-0.2, -0.15) is 0 Å². The summed E-state index contributed by atoms with van der Waals surface area (Å²) in [6.07, 6.45) is 1.62. The van der Waals surface area contributed by atoms with E-state index in [2.05, 4.69) is 4.72 Å². The summed E-state index contributed by atoms with van der Waals surface area (Å²) in [6.45, 7) is 5.62. The molecule has 0 aliphatic rings. The molecule has 0 saturated carbocycles. The largest absolute Gasteiger partial charge is 0.346 e. The molecule has 3 aromatic rings. The Morgan fingerprint density at radius 3 is 2.35 bits per heavy atom. The third kappa shape index (κ3) is 3.64. The number of nitrogens with one attached hydrogen (secondary N) is 1. The van der Waals surface area contributed by atoms with Crippen molar-refractivity contribution in [2.45, 2.75) is 37.8 Å². The quantitative estimate of drug-likeness (QED) is 0.730. The van der Waals surface area contributed by atoms with Gasteiger partial charge in [0.05, 0.1) is 10.4 Å². The molecular weight excluding hydrogens is 358 g/mol. The summed E-state index contributed by atoms with van der Waals surface area (Å²) < 4.78 is 56.9. The van der Waals surface area contributed by atoms with Crippen LogP contribution in [0.1, 0.15) is 19.4 Å². The van der Waals surface area contributed by atoms with Crippen molar-refractivity contribution in [2.75, 3.05) is 0 Å². The molecule has 1 heterocycles. The topological polar surface area (TPSA) is 51.1 Å². The summed E-state index contributed by atoms with van der Waals surface area (Å²) in [5.41, 5.74) is 0.628. The lowest BCUT2D eigenvalue weighted by Gasteiger charge is -2.27. The lowest BCUT2D eigenvalue weighted by molar-refractivity contribution is 0.395. The van der Waals surface area contributed by atoms with Gasteiger partial charge in [-0.3, -0.25) is 0 Å². The second-order valence-corrected chi connectivity index (χ2v) is 8.72. The second kappa shape index (κ2) is 6.48. The van der Waals surface area contributed by atoms with Crippen LogP contribution in [0.2, 0.25) is 0 Å². The van der Waals surface area contributed by atoms with Gasteiger partial charge in [-0.05, 0) is 51.1 Å². The molecule has 0 aliphatic heterocycles. The van der Waals surface area contributed by atoms with Gasteiger partial charge in [0.15, 0.2) is 11.6 Å². The minimum absolute atomic E-state index is 0.169. The molecule has 26 heavy (non-hydrogen) atoms. The van der Waals surface area contributed by atoms with Gasteiger partial charge in [-0.1, -0.05) is 17.7 Å². The predicted molar refractivity (Wildman–Crippen MR) is 97.4 cm³/mol. The van der Waals surface area contributed by atoms with Crippen LogP contribution in [-0.2, 0) is 16.6 Å². The summed E-state index contributed by atoms with van der Waals surface area (Å²) in [6, 6.07) is 10.6. The summed E-state index contributed by atoms with van der Waals surface area (Å²) in [7, 11) is -3.70. The van der Waals surface area contributed by atoms with Crippen molar-refractivity contribution in [2.24, 2.45) is 0 Å². The minimum Gasteiger partial charge on any atom is -0.346 e. The number of nitrogens with zero attached hydrogens (tertiary/aromatic N) is 1. The maximum atomic E-state index is 13.9. The number of aromatic nitrogens is 1. The lowest BCUT2D eigenvalue weighted by atomic mass is 10.1. The first-order valence-electron chi connectivity index (χ1n) is 8.13. The van der Waals surface area contributed by atoms with Crippen molar-refractivity contribution >= 4 is 20.9 Å². The molecule has 0 spiro atoms. The van der Waals surface area contributed by atoms with E-state index in [1.54, 1.807) is 48.9 Å². The van der Waals surface area contributed by atoms with E-state index in [0.717, 1.165) is 11.6 Å². The fourth-order valence-corrected chi connectivity index (χ4v) is 4.35. The Morgan fingerprint density at radius 1 is 1.04 bits per heavy atom. The fourth-order valence-electron chi connectivity index (χ4n) is 2.95. The predicted octanol–water partition coefficient (Wildman–Crippen LogP) is 3.99. The summed E-state index contributed by atoms with van der Waals surface area (Å²) in [5.74, 6) is -1.81. The van der Waals surface area contributed by atoms with Crippen LogP contribution in [0.4, 0.5) is 8.78 Å². The summed E-state index contributed by atoms with van der Waals surface area (Å²) in [5, 5.41) is 0.169. The van der Waals surface area contributed by atoms with E-state index < -0.39 is 27.2 Å². The minimum atomic E-state index is -3.70. The second-order valence-electron chi connectivity index (χ2n) is 7.04. The third-order valence-corrected chi connectivity index (χ3v) is 5.86. The zero-order chi connectivity index (χ0) is 19.1. The molecule has 0 aliphatic carbocycles. The molecule has 0 atom stereocenters. The van der Waals surface area contributed by atoms with Gasteiger partial charge in [-0.15, -0.1) is 0 Å². The monoisotopic (exact) mass is 378 g/mol. The van der Waals surface area contributed by atoms with E-state index in [4.69, 9.17) is 0 Å². The van der Waals surface area contributed by atoms with Crippen molar-refractivity contribution in [3.8, 4) is 0 Å². The van der Waals surface area contributed by atoms with E-state index in [1.165, 1.54) is 12.1 Å². The van der Waals surface area contributed by atoms with Crippen molar-refractivity contribution < 1.29 is 17.2 Å². The molecule has 4 nitrogen and oxygen atoms in total. The van der Waals surface area contributed by atoms with Gasteiger partial charge in [0.25, 0.3) is 0 Å². The van der Waals surface area contributed by atoms with Crippen LogP contribution in [0.25, 0.3) is 10.9 Å². The maximum Gasteiger partial charge on any atom is 0.241 e. The van der Waals surface area contributed by atoms with Crippen LogP contribution in [0, 0.1) is 18.6 Å². The van der Waals surface area contributed by atoms with E-state index in [1.807, 2.05) is 6.92 Å². The van der Waals surface area contributed by atoms with Crippen LogP contribution in [-0.4, -0.2) is 18.5 Å². The average molecular weight is 378 g/mol. The Morgan fingerprint density at radius 2 is 1.69 bits per heavy atom. The van der Waals surface area contributed by atoms with Crippen LogP contribution in [0.5, 0.6) is 0 Å². The molecule has 0 amide bonds. The van der Waals surface area contributed by atoms with Crippen LogP contribution < -0.4 is 4.72 Å². The van der Waals surface area contributed by atoms with E-state index in [9.17, 15) is 17.2 Å². The first kappa shape index (κ1) is 18.5. The highest BCUT2D eigenvalue weighted by Crippen LogP contribution is 2.24. The lowest BCUT2D eigenvalue weighted by Crippen LogP contribution is -2.46. The molecule has 3 rings (SSSR count). The molecule has 7 heteroatoms. The van der Waals surface area contributed by atoms with Gasteiger partial charge in [0, 0.05) is 23.7 Å². The number of aryl methyl sites for hydroxylation is 1. The molecule has 138 valence electrons. The number of sulfonamides is 1. The van der Waals surface area contributed by atoms with Crippen molar-refractivity contribution in [3.63, 3.8) is 0 Å². The summed E-state index contributed by atoms with van der Waals surface area (Å²) >= 11 is 0. The third-order valence-electron chi connectivity index (χ3n) is 4.15. The molecule has 0 radical (unpaired) electrons. The molecule has 1 N–H and O–H groups in total. The van der Waals surface area contributed by atoms with E-state index >= 15 is 0 Å². The summed E-state index contributed by atoms with van der Waals surface area (Å²) in [4.78, 5) is 0.182. The van der Waals surface area contributed by atoms with Crippen molar-refractivity contribution in [3.05, 3.63) is 65.9 Å². The molecule has 0 bridgehead atoms.